The smallest absolute Gasteiger partial charge is 0.406 e. The van der Waals surface area contributed by atoms with Crippen molar-refractivity contribution in [1.29, 1.82) is 0 Å². The maximum atomic E-state index is 12.2. The summed E-state index contributed by atoms with van der Waals surface area (Å²) in [7, 11) is 0. The zero-order valence-corrected chi connectivity index (χ0v) is 13.3. The van der Waals surface area contributed by atoms with E-state index >= 15 is 0 Å². The number of ether oxygens (including phenoxy) is 2. The van der Waals surface area contributed by atoms with Crippen molar-refractivity contribution in [2.45, 2.75) is 37.8 Å². The Hall–Kier alpha value is -1.31. The average molecular weight is 345 g/mol. The molecule has 1 saturated heterocycles. The van der Waals surface area contributed by atoms with Gasteiger partial charge in [0.2, 0.25) is 0 Å². The van der Waals surface area contributed by atoms with Crippen LogP contribution in [0.2, 0.25) is 0 Å². The van der Waals surface area contributed by atoms with Gasteiger partial charge in [0, 0.05) is 25.7 Å². The summed E-state index contributed by atoms with van der Waals surface area (Å²) >= 11 is 0. The number of aliphatic hydroxyl groups excluding tert-OH is 1. The van der Waals surface area contributed by atoms with E-state index in [1.165, 1.54) is 24.3 Å². The lowest BCUT2D eigenvalue weighted by Crippen LogP contribution is -2.35. The fourth-order valence-corrected chi connectivity index (χ4v) is 3.09. The molecule has 1 heterocycles. The first kappa shape index (κ1) is 17.5. The fraction of sp³-hybridized carbons (Fsp3) is 0.647. The van der Waals surface area contributed by atoms with E-state index in [1.807, 2.05) is 0 Å². The van der Waals surface area contributed by atoms with E-state index in [-0.39, 0.29) is 5.75 Å². The number of hydrogen-bond donors (Lipinski definition) is 1. The van der Waals surface area contributed by atoms with E-state index in [9.17, 15) is 18.3 Å². The molecule has 2 atom stereocenters. The highest BCUT2D eigenvalue weighted by Crippen LogP contribution is 2.31. The molecule has 3 rings (SSSR count). The summed E-state index contributed by atoms with van der Waals surface area (Å²) in [6.45, 7) is 2.95. The summed E-state index contributed by atoms with van der Waals surface area (Å²) in [6.07, 6.45) is -2.11. The van der Waals surface area contributed by atoms with Crippen LogP contribution in [0.3, 0.4) is 0 Å². The van der Waals surface area contributed by atoms with Crippen LogP contribution in [0.4, 0.5) is 13.2 Å². The molecule has 1 aromatic rings. The van der Waals surface area contributed by atoms with E-state index in [0.717, 1.165) is 39.0 Å². The number of hydrogen-bond acceptors (Lipinski definition) is 4. The van der Waals surface area contributed by atoms with Crippen molar-refractivity contribution in [3.63, 3.8) is 0 Å². The van der Waals surface area contributed by atoms with Gasteiger partial charge in [0.25, 0.3) is 0 Å². The Kier molecular flexibility index (Phi) is 5.32. The summed E-state index contributed by atoms with van der Waals surface area (Å²) in [6, 6.07) is 5.94. The topological polar surface area (TPSA) is 41.9 Å². The Morgan fingerprint density at radius 2 is 1.92 bits per heavy atom. The number of halogens is 3. The fourth-order valence-electron chi connectivity index (χ4n) is 3.09. The maximum Gasteiger partial charge on any atom is 0.573 e. The van der Waals surface area contributed by atoms with E-state index in [4.69, 9.17) is 4.74 Å². The third kappa shape index (κ3) is 5.09. The zero-order chi connectivity index (χ0) is 17.2. The van der Waals surface area contributed by atoms with E-state index in [2.05, 4.69) is 9.64 Å². The molecule has 2 fully saturated rings. The molecule has 24 heavy (non-hydrogen) atoms. The Balaban J connectivity index is 1.57. The molecule has 1 aliphatic carbocycles. The summed E-state index contributed by atoms with van der Waals surface area (Å²) in [5, 5.41) is 10.4. The highest BCUT2D eigenvalue weighted by Gasteiger charge is 2.33. The predicted octanol–water partition coefficient (Wildman–Crippen LogP) is 3.12. The summed E-state index contributed by atoms with van der Waals surface area (Å²) < 4.78 is 45.8. The van der Waals surface area contributed by atoms with Crippen LogP contribution in [0.1, 0.15) is 30.9 Å². The lowest BCUT2D eigenvalue weighted by Gasteiger charge is -2.27. The molecule has 1 aliphatic heterocycles. The number of nitrogens with zero attached hydrogens (tertiary/aromatic N) is 1. The molecular formula is C17H22F3NO3. The van der Waals surface area contributed by atoms with Gasteiger partial charge in [-0.25, -0.2) is 0 Å². The number of aliphatic hydroxyl groups is 1. The van der Waals surface area contributed by atoms with Gasteiger partial charge in [-0.3, -0.25) is 4.90 Å². The highest BCUT2D eigenvalue weighted by molar-refractivity contribution is 5.28. The Morgan fingerprint density at radius 1 is 1.21 bits per heavy atom. The van der Waals surface area contributed by atoms with Gasteiger partial charge < -0.3 is 14.6 Å². The molecule has 0 amide bonds. The average Bonchev–Trinajstić information content (AvgIpc) is 3.24. The molecule has 0 aromatic heterocycles. The number of alkyl halides is 3. The SMILES string of the molecule is O[C@@H](CN(C[C@@H]1CCOC1)C1CC1)c1ccc(OC(F)(F)F)cc1. The molecule has 0 radical (unpaired) electrons. The van der Waals surface area contributed by atoms with Crippen molar-refractivity contribution < 1.29 is 27.8 Å². The van der Waals surface area contributed by atoms with Gasteiger partial charge >= 0.3 is 6.36 Å². The Bertz CT molecular complexity index is 525. The normalized spacial score (nSPS) is 22.8. The number of benzene rings is 1. The van der Waals surface area contributed by atoms with Crippen LogP contribution in [0, 0.1) is 5.92 Å². The maximum absolute atomic E-state index is 12.2. The van der Waals surface area contributed by atoms with Crippen LogP contribution in [0.15, 0.2) is 24.3 Å². The van der Waals surface area contributed by atoms with Crippen LogP contribution in [-0.4, -0.2) is 48.7 Å². The molecule has 1 N–H and O–H groups in total. The van der Waals surface area contributed by atoms with Crippen molar-refractivity contribution in [3.8, 4) is 5.75 Å². The quantitative estimate of drug-likeness (QED) is 0.824. The van der Waals surface area contributed by atoms with E-state index < -0.39 is 12.5 Å². The second-order valence-electron chi connectivity index (χ2n) is 6.55. The lowest BCUT2D eigenvalue weighted by atomic mass is 10.1. The third-order valence-electron chi connectivity index (χ3n) is 4.49. The molecule has 1 saturated carbocycles. The van der Waals surface area contributed by atoms with E-state index in [0.29, 0.717) is 24.1 Å². The summed E-state index contributed by atoms with van der Waals surface area (Å²) in [5.41, 5.74) is 0.595. The molecule has 2 aliphatic rings. The Morgan fingerprint density at radius 3 is 2.46 bits per heavy atom. The molecule has 0 bridgehead atoms. The monoisotopic (exact) mass is 345 g/mol. The van der Waals surface area contributed by atoms with Crippen molar-refractivity contribution in [1.82, 2.24) is 4.90 Å². The predicted molar refractivity (Wildman–Crippen MR) is 81.6 cm³/mol. The first-order valence-corrected chi connectivity index (χ1v) is 8.26. The van der Waals surface area contributed by atoms with Gasteiger partial charge in [-0.1, -0.05) is 12.1 Å². The molecule has 0 spiro atoms. The Labute approximate surface area is 139 Å². The molecule has 7 heteroatoms. The van der Waals surface area contributed by atoms with Crippen molar-refractivity contribution >= 4 is 0 Å². The third-order valence-corrected chi connectivity index (χ3v) is 4.49. The van der Waals surface area contributed by atoms with Gasteiger partial charge in [-0.2, -0.15) is 0 Å². The van der Waals surface area contributed by atoms with Crippen molar-refractivity contribution in [3.05, 3.63) is 29.8 Å². The molecular weight excluding hydrogens is 323 g/mol. The first-order chi connectivity index (χ1) is 11.4. The minimum atomic E-state index is -4.70. The minimum absolute atomic E-state index is 0.277. The van der Waals surface area contributed by atoms with E-state index in [1.54, 1.807) is 0 Å². The number of rotatable bonds is 7. The summed E-state index contributed by atoms with van der Waals surface area (Å²) in [4.78, 5) is 2.28. The van der Waals surface area contributed by atoms with Crippen LogP contribution >= 0.6 is 0 Å². The minimum Gasteiger partial charge on any atom is -0.406 e. The molecule has 4 nitrogen and oxygen atoms in total. The standard InChI is InChI=1S/C17H22F3NO3/c18-17(19,20)24-15-5-1-13(2-6-15)16(22)10-21(14-3-4-14)9-12-7-8-23-11-12/h1-2,5-6,12,14,16,22H,3-4,7-11H2/t12-,16-/m0/s1. The van der Waals surface area contributed by atoms with Crippen LogP contribution in [-0.2, 0) is 4.74 Å². The van der Waals surface area contributed by atoms with Crippen LogP contribution < -0.4 is 4.74 Å². The molecule has 134 valence electrons. The van der Waals surface area contributed by atoms with Gasteiger partial charge in [0.05, 0.1) is 12.7 Å². The van der Waals surface area contributed by atoms with Gasteiger partial charge in [-0.05, 0) is 42.9 Å². The van der Waals surface area contributed by atoms with Crippen molar-refractivity contribution in [2.24, 2.45) is 5.92 Å². The van der Waals surface area contributed by atoms with Crippen LogP contribution in [0.5, 0.6) is 5.75 Å². The largest absolute Gasteiger partial charge is 0.573 e. The zero-order valence-electron chi connectivity index (χ0n) is 13.3. The van der Waals surface area contributed by atoms with Crippen LogP contribution in [0.25, 0.3) is 0 Å². The molecule has 1 aromatic carbocycles. The van der Waals surface area contributed by atoms with Gasteiger partial charge in [0.1, 0.15) is 5.75 Å². The summed E-state index contributed by atoms with van der Waals surface area (Å²) in [5.74, 6) is 0.223. The second kappa shape index (κ2) is 7.29. The first-order valence-electron chi connectivity index (χ1n) is 8.26. The molecule has 0 unspecified atom stereocenters. The second-order valence-corrected chi connectivity index (χ2v) is 6.55. The lowest BCUT2D eigenvalue weighted by molar-refractivity contribution is -0.274. The van der Waals surface area contributed by atoms with Gasteiger partial charge in [0.15, 0.2) is 0 Å². The van der Waals surface area contributed by atoms with Crippen molar-refractivity contribution in [2.75, 3.05) is 26.3 Å². The highest BCUT2D eigenvalue weighted by atomic mass is 19.4. The van der Waals surface area contributed by atoms with Gasteiger partial charge in [-0.15, -0.1) is 13.2 Å².